The van der Waals surface area contributed by atoms with Gasteiger partial charge in [0, 0.05) is 62.2 Å². The summed E-state index contributed by atoms with van der Waals surface area (Å²) < 4.78 is 7.14. The van der Waals surface area contributed by atoms with Gasteiger partial charge in [-0.25, -0.2) is 4.68 Å². The third-order valence-corrected chi connectivity index (χ3v) is 6.16. The summed E-state index contributed by atoms with van der Waals surface area (Å²) in [5.74, 6) is 0. The van der Waals surface area contributed by atoms with E-state index < -0.39 is 0 Å². The van der Waals surface area contributed by atoms with Crippen molar-refractivity contribution in [2.24, 2.45) is 7.05 Å². The Balaban J connectivity index is 1.32. The van der Waals surface area contributed by atoms with Gasteiger partial charge in [-0.05, 0) is 25.0 Å². The predicted molar refractivity (Wildman–Crippen MR) is 99.2 cm³/mol. The van der Waals surface area contributed by atoms with Crippen LogP contribution in [0.25, 0.3) is 0 Å². The minimum absolute atomic E-state index is 0.0554. The van der Waals surface area contributed by atoms with Crippen LogP contribution >= 0.6 is 11.3 Å². The highest BCUT2D eigenvalue weighted by molar-refractivity contribution is 7.12. The molecule has 25 heavy (non-hydrogen) atoms. The van der Waals surface area contributed by atoms with E-state index in [0.717, 1.165) is 51.4 Å². The van der Waals surface area contributed by atoms with Crippen molar-refractivity contribution in [3.05, 3.63) is 44.5 Å². The molecule has 0 bridgehead atoms. The lowest BCUT2D eigenvalue weighted by atomic mass is 10.2. The van der Waals surface area contributed by atoms with E-state index >= 15 is 0 Å². The molecule has 0 aliphatic carbocycles. The Hall–Kier alpha value is -1.70. The van der Waals surface area contributed by atoms with Crippen LogP contribution in [-0.2, 0) is 18.3 Å². The van der Waals surface area contributed by atoms with Crippen LogP contribution in [0.15, 0.2) is 29.2 Å². The molecule has 0 spiro atoms. The highest BCUT2D eigenvalue weighted by Gasteiger charge is 2.21. The second kappa shape index (κ2) is 7.27. The lowest BCUT2D eigenvalue weighted by Crippen LogP contribution is -2.46. The van der Waals surface area contributed by atoms with Crippen LogP contribution in [0.3, 0.4) is 0 Å². The largest absolute Gasteiger partial charge is 0.373 e. The molecule has 1 unspecified atom stereocenters. The first-order valence-corrected chi connectivity index (χ1v) is 9.71. The quantitative estimate of drug-likeness (QED) is 0.835. The fraction of sp³-hybridized carbons (Fsp3) is 0.556. The summed E-state index contributed by atoms with van der Waals surface area (Å²) in [4.78, 5) is 19.3. The van der Waals surface area contributed by atoms with Gasteiger partial charge in [0.2, 0.25) is 0 Å². The molecule has 0 radical (unpaired) electrons. The first-order valence-electron chi connectivity index (χ1n) is 8.90. The van der Waals surface area contributed by atoms with Gasteiger partial charge in [0.15, 0.2) is 0 Å². The third kappa shape index (κ3) is 3.78. The first kappa shape index (κ1) is 16.8. The summed E-state index contributed by atoms with van der Waals surface area (Å²) in [7, 11) is 1.68. The van der Waals surface area contributed by atoms with Crippen molar-refractivity contribution >= 4 is 17.0 Å². The van der Waals surface area contributed by atoms with Crippen LogP contribution in [0.2, 0.25) is 0 Å². The number of aryl methyl sites for hydroxylation is 1. The summed E-state index contributed by atoms with van der Waals surface area (Å²) in [6.45, 7) is 5.76. The normalized spacial score (nSPS) is 21.8. The first-order chi connectivity index (χ1) is 12.2. The van der Waals surface area contributed by atoms with E-state index in [0.29, 0.717) is 6.10 Å². The van der Waals surface area contributed by atoms with E-state index in [1.165, 1.54) is 20.9 Å². The number of hydrogen-bond acceptors (Lipinski definition) is 6. The molecule has 4 rings (SSSR count). The molecule has 2 aromatic rings. The number of piperazine rings is 1. The fourth-order valence-corrected chi connectivity index (χ4v) is 4.61. The molecular weight excluding hydrogens is 336 g/mol. The van der Waals surface area contributed by atoms with Gasteiger partial charge in [0.1, 0.15) is 0 Å². The topological polar surface area (TPSA) is 50.6 Å². The van der Waals surface area contributed by atoms with Crippen molar-refractivity contribution in [3.8, 4) is 0 Å². The number of nitrogens with zero attached hydrogens (tertiary/aromatic N) is 4. The molecule has 134 valence electrons. The minimum atomic E-state index is -0.0554. The Kier molecular flexibility index (Phi) is 4.87. The fourth-order valence-electron chi connectivity index (χ4n) is 3.47. The molecule has 0 aromatic carbocycles. The van der Waals surface area contributed by atoms with Crippen LogP contribution in [0.1, 0.15) is 28.7 Å². The number of thiophene rings is 1. The van der Waals surface area contributed by atoms with Gasteiger partial charge in [0.25, 0.3) is 5.56 Å². The zero-order valence-corrected chi connectivity index (χ0v) is 15.4. The van der Waals surface area contributed by atoms with Crippen LogP contribution in [0, 0.1) is 0 Å². The van der Waals surface area contributed by atoms with E-state index in [1.54, 1.807) is 19.3 Å². The van der Waals surface area contributed by atoms with Crippen molar-refractivity contribution in [1.29, 1.82) is 0 Å². The van der Waals surface area contributed by atoms with Crippen molar-refractivity contribution < 1.29 is 4.74 Å². The van der Waals surface area contributed by atoms with E-state index in [-0.39, 0.29) is 5.56 Å². The molecule has 2 saturated heterocycles. The Morgan fingerprint density at radius 2 is 2.12 bits per heavy atom. The predicted octanol–water partition coefficient (Wildman–Crippen LogP) is 2.02. The molecule has 0 amide bonds. The lowest BCUT2D eigenvalue weighted by Gasteiger charge is -2.35. The van der Waals surface area contributed by atoms with E-state index in [2.05, 4.69) is 27.0 Å². The molecule has 0 saturated carbocycles. The molecule has 7 heteroatoms. The van der Waals surface area contributed by atoms with Crippen LogP contribution in [-0.4, -0.2) is 47.5 Å². The zero-order chi connectivity index (χ0) is 17.2. The number of hydrogen-bond donors (Lipinski definition) is 0. The average molecular weight is 360 g/mol. The summed E-state index contributed by atoms with van der Waals surface area (Å²) in [6, 6.07) is 6.16. The van der Waals surface area contributed by atoms with Gasteiger partial charge >= 0.3 is 0 Å². The maximum atomic E-state index is 11.8. The number of anilines is 1. The number of ether oxygens (including phenoxy) is 1. The molecule has 2 aliphatic rings. The third-order valence-electron chi connectivity index (χ3n) is 5.00. The molecule has 0 N–H and O–H groups in total. The van der Waals surface area contributed by atoms with Crippen molar-refractivity contribution in [2.45, 2.75) is 25.5 Å². The van der Waals surface area contributed by atoms with Gasteiger partial charge in [-0.3, -0.25) is 9.69 Å². The van der Waals surface area contributed by atoms with Crippen LogP contribution in [0.5, 0.6) is 0 Å². The monoisotopic (exact) mass is 360 g/mol. The Labute approximate surface area is 151 Å². The van der Waals surface area contributed by atoms with Crippen molar-refractivity contribution in [1.82, 2.24) is 14.7 Å². The number of rotatable bonds is 4. The highest BCUT2D eigenvalue weighted by atomic mass is 32.1. The Bertz CT molecular complexity index is 773. The SMILES string of the molecule is Cn1ncc(N2CCN(Cc3ccc(C4CCCO4)s3)CC2)cc1=O. The highest BCUT2D eigenvalue weighted by Crippen LogP contribution is 2.33. The molecule has 1 atom stereocenters. The molecular formula is C18H24N4O2S. The average Bonchev–Trinajstić information content (AvgIpc) is 3.29. The summed E-state index contributed by atoms with van der Waals surface area (Å²) >= 11 is 1.89. The maximum Gasteiger partial charge on any atom is 0.268 e. The van der Waals surface area contributed by atoms with E-state index in [1.807, 2.05) is 11.3 Å². The molecule has 2 aliphatic heterocycles. The Morgan fingerprint density at radius 3 is 2.84 bits per heavy atom. The summed E-state index contributed by atoms with van der Waals surface area (Å²) in [5, 5.41) is 4.12. The molecule has 2 aromatic heterocycles. The van der Waals surface area contributed by atoms with E-state index in [4.69, 9.17) is 4.74 Å². The second-order valence-corrected chi connectivity index (χ2v) is 7.94. The van der Waals surface area contributed by atoms with Gasteiger partial charge in [-0.15, -0.1) is 11.3 Å². The van der Waals surface area contributed by atoms with Gasteiger partial charge in [-0.1, -0.05) is 0 Å². The number of aromatic nitrogens is 2. The standard InChI is InChI=1S/C18H24N4O2S/c1-20-18(23)11-14(12-19-20)22-8-6-21(7-9-22)13-15-4-5-17(25-15)16-3-2-10-24-16/h4-5,11-12,16H,2-3,6-10,13H2,1H3. The molecule has 6 nitrogen and oxygen atoms in total. The smallest absolute Gasteiger partial charge is 0.268 e. The van der Waals surface area contributed by atoms with Crippen LogP contribution in [0.4, 0.5) is 5.69 Å². The van der Waals surface area contributed by atoms with E-state index in [9.17, 15) is 4.79 Å². The Morgan fingerprint density at radius 1 is 1.28 bits per heavy atom. The molecule has 4 heterocycles. The second-order valence-electron chi connectivity index (χ2n) is 6.74. The maximum absolute atomic E-state index is 11.8. The van der Waals surface area contributed by atoms with Crippen LogP contribution < -0.4 is 10.5 Å². The molecule has 2 fully saturated rings. The lowest BCUT2D eigenvalue weighted by molar-refractivity contribution is 0.114. The van der Waals surface area contributed by atoms with Gasteiger partial charge in [0.05, 0.1) is 18.0 Å². The summed E-state index contributed by atoms with van der Waals surface area (Å²) in [5.41, 5.74) is 0.875. The minimum Gasteiger partial charge on any atom is -0.373 e. The van der Waals surface area contributed by atoms with Gasteiger partial charge < -0.3 is 9.64 Å². The van der Waals surface area contributed by atoms with Gasteiger partial charge in [-0.2, -0.15) is 5.10 Å². The zero-order valence-electron chi connectivity index (χ0n) is 14.6. The van der Waals surface area contributed by atoms with Crippen molar-refractivity contribution in [2.75, 3.05) is 37.7 Å². The van der Waals surface area contributed by atoms with Crippen molar-refractivity contribution in [3.63, 3.8) is 0 Å². The summed E-state index contributed by atoms with van der Waals surface area (Å²) in [6.07, 6.45) is 4.44.